The van der Waals surface area contributed by atoms with Crippen LogP contribution in [0.1, 0.15) is 50.3 Å². The zero-order valence-corrected chi connectivity index (χ0v) is 15.6. The molecule has 1 saturated heterocycles. The molecule has 1 unspecified atom stereocenters. The van der Waals surface area contributed by atoms with Gasteiger partial charge in [-0.15, -0.1) is 6.42 Å². The molecule has 2 aliphatic rings. The molecule has 1 amide bonds. The molecule has 4 atom stereocenters. The Kier molecular flexibility index (Phi) is 6.00. The number of hydrogen-bond acceptors (Lipinski definition) is 5. The maximum Gasteiger partial charge on any atom is 0.225 e. The first kappa shape index (κ1) is 19.6. The molecule has 1 aromatic rings. The SMILES string of the molecule is C#C[C@]1(CO)O[C@@H](C2C=Cc3c(NC(=O)CCCC)n[nH]c3CC2)C[C@@H]1O. The highest BCUT2D eigenvalue weighted by molar-refractivity contribution is 5.92. The predicted molar refractivity (Wildman–Crippen MR) is 102 cm³/mol. The van der Waals surface area contributed by atoms with E-state index in [1.165, 1.54) is 0 Å². The van der Waals surface area contributed by atoms with E-state index in [1.54, 1.807) is 0 Å². The Morgan fingerprint density at radius 3 is 3.07 bits per heavy atom. The Morgan fingerprint density at radius 2 is 2.41 bits per heavy atom. The van der Waals surface area contributed by atoms with Gasteiger partial charge in [-0.25, -0.2) is 0 Å². The molecule has 2 heterocycles. The standard InChI is InChI=1S/C20H27N3O4/c1-3-5-6-18(26)21-19-14-9-7-13(8-10-15(14)22-23-19)16-11-17(25)20(4-2,12-24)27-16/h2,7,9,13,16-17,24-25H,3,5-6,8,10-12H2,1H3,(H2,21,22,23,26)/t13?,16-,17+,20-/m1/s1. The fourth-order valence-corrected chi connectivity index (χ4v) is 3.71. The number of aromatic nitrogens is 2. The van der Waals surface area contributed by atoms with Crippen LogP contribution in [0.5, 0.6) is 0 Å². The summed E-state index contributed by atoms with van der Waals surface area (Å²) in [7, 11) is 0. The maximum atomic E-state index is 12.0. The Hall–Kier alpha value is -2.14. The molecule has 7 heteroatoms. The third-order valence-corrected chi connectivity index (χ3v) is 5.45. The van der Waals surface area contributed by atoms with Gasteiger partial charge in [-0.05, 0) is 19.3 Å². The summed E-state index contributed by atoms with van der Waals surface area (Å²) in [5.41, 5.74) is 0.522. The number of carbonyl (C=O) groups is 1. The number of rotatable bonds is 6. The number of ether oxygens (including phenoxy) is 1. The van der Waals surface area contributed by atoms with Gasteiger partial charge in [0.05, 0.1) is 18.8 Å². The van der Waals surface area contributed by atoms with Crippen LogP contribution < -0.4 is 5.32 Å². The number of nitrogens with one attached hydrogen (secondary N) is 2. The minimum atomic E-state index is -1.32. The number of terminal acetylenes is 1. The zero-order valence-electron chi connectivity index (χ0n) is 15.6. The van der Waals surface area contributed by atoms with Crippen LogP contribution in [0.4, 0.5) is 5.82 Å². The molecule has 1 fully saturated rings. The minimum absolute atomic E-state index is 0.0376. The number of anilines is 1. The van der Waals surface area contributed by atoms with E-state index in [4.69, 9.17) is 11.2 Å². The highest BCUT2D eigenvalue weighted by atomic mass is 16.5. The van der Waals surface area contributed by atoms with E-state index in [0.29, 0.717) is 18.7 Å². The maximum absolute atomic E-state index is 12.0. The number of fused-ring (bicyclic) bond motifs is 1. The van der Waals surface area contributed by atoms with Gasteiger partial charge >= 0.3 is 0 Å². The summed E-state index contributed by atoms with van der Waals surface area (Å²) in [5, 5.41) is 29.9. The molecule has 0 aromatic carbocycles. The highest BCUT2D eigenvalue weighted by Gasteiger charge is 2.48. The van der Waals surface area contributed by atoms with Crippen LogP contribution in [0.3, 0.4) is 0 Å². The van der Waals surface area contributed by atoms with E-state index in [0.717, 1.165) is 36.9 Å². The Morgan fingerprint density at radius 1 is 1.59 bits per heavy atom. The van der Waals surface area contributed by atoms with Crippen LogP contribution in [0.2, 0.25) is 0 Å². The molecule has 0 spiro atoms. The van der Waals surface area contributed by atoms with Gasteiger partial charge in [-0.1, -0.05) is 31.4 Å². The quantitative estimate of drug-likeness (QED) is 0.567. The van der Waals surface area contributed by atoms with Gasteiger partial charge in [0.1, 0.15) is 0 Å². The number of aliphatic hydroxyl groups excluding tert-OH is 2. The van der Waals surface area contributed by atoms with Crippen LogP contribution >= 0.6 is 0 Å². The molecule has 146 valence electrons. The van der Waals surface area contributed by atoms with E-state index in [2.05, 4.69) is 21.4 Å². The molecule has 27 heavy (non-hydrogen) atoms. The molecular formula is C20H27N3O4. The molecule has 0 bridgehead atoms. The number of carbonyl (C=O) groups excluding carboxylic acids is 1. The van der Waals surface area contributed by atoms with Crippen molar-refractivity contribution in [3.8, 4) is 12.3 Å². The monoisotopic (exact) mass is 373 g/mol. The number of unbranched alkanes of at least 4 members (excludes halogenated alkanes) is 1. The van der Waals surface area contributed by atoms with Gasteiger partial charge in [0.15, 0.2) is 11.4 Å². The highest BCUT2D eigenvalue weighted by Crippen LogP contribution is 2.37. The van der Waals surface area contributed by atoms with Gasteiger partial charge in [-0.3, -0.25) is 9.89 Å². The molecule has 1 aliphatic carbocycles. The lowest BCUT2D eigenvalue weighted by Gasteiger charge is -2.25. The summed E-state index contributed by atoms with van der Waals surface area (Å²) in [5.74, 6) is 2.97. The van der Waals surface area contributed by atoms with Gasteiger partial charge < -0.3 is 20.3 Å². The van der Waals surface area contributed by atoms with E-state index >= 15 is 0 Å². The Labute approximate surface area is 159 Å². The van der Waals surface area contributed by atoms with Crippen LogP contribution in [-0.4, -0.2) is 50.7 Å². The van der Waals surface area contributed by atoms with Gasteiger partial charge in [0.25, 0.3) is 0 Å². The summed E-state index contributed by atoms with van der Waals surface area (Å²) < 4.78 is 5.89. The van der Waals surface area contributed by atoms with Crippen molar-refractivity contribution in [3.05, 3.63) is 17.3 Å². The summed E-state index contributed by atoms with van der Waals surface area (Å²) in [6, 6.07) is 0. The Balaban J connectivity index is 1.71. The molecule has 7 nitrogen and oxygen atoms in total. The average Bonchev–Trinajstić information content (AvgIpc) is 3.13. The lowest BCUT2D eigenvalue weighted by atomic mass is 9.92. The molecule has 3 rings (SSSR count). The van der Waals surface area contributed by atoms with Crippen LogP contribution in [0.15, 0.2) is 6.08 Å². The minimum Gasteiger partial charge on any atom is -0.392 e. The van der Waals surface area contributed by atoms with Crippen molar-refractivity contribution in [2.45, 2.75) is 63.3 Å². The van der Waals surface area contributed by atoms with Gasteiger partial charge in [0.2, 0.25) is 5.91 Å². The normalized spacial score (nSPS) is 29.8. The lowest BCUT2D eigenvalue weighted by Crippen LogP contribution is -2.41. The smallest absolute Gasteiger partial charge is 0.225 e. The second kappa shape index (κ2) is 8.26. The lowest BCUT2D eigenvalue weighted by molar-refractivity contribution is -0.116. The number of aromatic amines is 1. The number of H-pyrrole nitrogens is 1. The van der Waals surface area contributed by atoms with E-state index in [-0.39, 0.29) is 17.9 Å². The fourth-order valence-electron chi connectivity index (χ4n) is 3.71. The van der Waals surface area contributed by atoms with Crippen molar-refractivity contribution in [1.82, 2.24) is 10.2 Å². The summed E-state index contributed by atoms with van der Waals surface area (Å²) in [4.78, 5) is 12.0. The third kappa shape index (κ3) is 3.93. The second-order valence-corrected chi connectivity index (χ2v) is 7.28. The summed E-state index contributed by atoms with van der Waals surface area (Å²) in [6.45, 7) is 1.64. The average molecular weight is 373 g/mol. The van der Waals surface area contributed by atoms with Crippen molar-refractivity contribution in [2.24, 2.45) is 5.92 Å². The number of hydrogen-bond donors (Lipinski definition) is 4. The van der Waals surface area contributed by atoms with Crippen LogP contribution in [-0.2, 0) is 16.0 Å². The molecule has 1 aliphatic heterocycles. The van der Waals surface area contributed by atoms with Crippen molar-refractivity contribution >= 4 is 17.8 Å². The first-order chi connectivity index (χ1) is 13.0. The number of aliphatic hydroxyl groups is 2. The van der Waals surface area contributed by atoms with Gasteiger partial charge in [0, 0.05) is 30.0 Å². The third-order valence-electron chi connectivity index (χ3n) is 5.45. The number of amides is 1. The van der Waals surface area contributed by atoms with Crippen molar-refractivity contribution in [2.75, 3.05) is 11.9 Å². The fraction of sp³-hybridized carbons (Fsp3) is 0.600. The summed E-state index contributed by atoms with van der Waals surface area (Å²) in [6.07, 6.45) is 12.5. The van der Waals surface area contributed by atoms with Crippen LogP contribution in [0, 0.1) is 18.3 Å². The topological polar surface area (TPSA) is 107 Å². The largest absolute Gasteiger partial charge is 0.392 e. The van der Waals surface area contributed by atoms with Crippen molar-refractivity contribution < 1.29 is 19.7 Å². The molecule has 0 radical (unpaired) electrons. The first-order valence-electron chi connectivity index (χ1n) is 9.52. The molecule has 4 N–H and O–H groups in total. The molecule has 1 aromatic heterocycles. The number of aryl methyl sites for hydroxylation is 1. The van der Waals surface area contributed by atoms with Gasteiger partial charge in [-0.2, -0.15) is 5.10 Å². The first-order valence-corrected chi connectivity index (χ1v) is 9.52. The Bertz CT molecular complexity index is 751. The van der Waals surface area contributed by atoms with Crippen molar-refractivity contribution in [1.29, 1.82) is 0 Å². The van der Waals surface area contributed by atoms with E-state index in [1.807, 2.05) is 19.1 Å². The van der Waals surface area contributed by atoms with Crippen LogP contribution in [0.25, 0.3) is 6.08 Å². The predicted octanol–water partition coefficient (Wildman–Crippen LogP) is 1.63. The van der Waals surface area contributed by atoms with E-state index in [9.17, 15) is 15.0 Å². The summed E-state index contributed by atoms with van der Waals surface area (Å²) >= 11 is 0. The molecule has 0 saturated carbocycles. The van der Waals surface area contributed by atoms with Crippen molar-refractivity contribution in [3.63, 3.8) is 0 Å². The second-order valence-electron chi connectivity index (χ2n) is 7.28. The number of nitrogens with zero attached hydrogens (tertiary/aromatic N) is 1. The zero-order chi connectivity index (χ0) is 19.4. The van der Waals surface area contributed by atoms with E-state index < -0.39 is 18.3 Å². The molecular weight excluding hydrogens is 346 g/mol.